The maximum absolute atomic E-state index is 11.0. The second-order valence-electron chi connectivity index (χ2n) is 5.26. The molecule has 0 spiro atoms. The summed E-state index contributed by atoms with van der Waals surface area (Å²) in [5.74, 6) is 0.796. The molecule has 2 aliphatic carbocycles. The molecular weight excluding hydrogens is 214 g/mol. The van der Waals surface area contributed by atoms with Crippen LogP contribution < -0.4 is 0 Å². The monoisotopic (exact) mass is 231 g/mol. The van der Waals surface area contributed by atoms with Gasteiger partial charge in [0.25, 0.3) is 0 Å². The minimum absolute atomic E-state index is 0.203. The van der Waals surface area contributed by atoms with Gasteiger partial charge in [0, 0.05) is 0 Å². The third-order valence-electron chi connectivity index (χ3n) is 4.39. The van der Waals surface area contributed by atoms with Crippen molar-refractivity contribution in [2.45, 2.75) is 31.3 Å². The molecule has 3 nitrogen and oxygen atoms in total. The molecular formula is C14H17NO2. The van der Waals surface area contributed by atoms with E-state index in [1.165, 1.54) is 0 Å². The third-order valence-corrected chi connectivity index (χ3v) is 4.39. The van der Waals surface area contributed by atoms with Crippen molar-refractivity contribution in [2.75, 3.05) is 0 Å². The van der Waals surface area contributed by atoms with Gasteiger partial charge in [0.15, 0.2) is 0 Å². The molecule has 3 unspecified atom stereocenters. The molecule has 2 aliphatic rings. The second kappa shape index (κ2) is 3.84. The Hall–Kier alpha value is -1.35. The van der Waals surface area contributed by atoms with E-state index in [0.29, 0.717) is 11.6 Å². The van der Waals surface area contributed by atoms with E-state index in [9.17, 15) is 10.3 Å². The number of hydrogen-bond acceptors (Lipinski definition) is 3. The first-order valence-corrected chi connectivity index (χ1v) is 6.24. The number of aliphatic hydroxyl groups is 1. The number of rotatable bonds is 1. The Bertz CT molecular complexity index is 443. The first kappa shape index (κ1) is 10.8. The van der Waals surface area contributed by atoms with Gasteiger partial charge in [-0.3, -0.25) is 0 Å². The van der Waals surface area contributed by atoms with Crippen LogP contribution in [0.1, 0.15) is 31.2 Å². The van der Waals surface area contributed by atoms with E-state index in [4.69, 9.17) is 0 Å². The van der Waals surface area contributed by atoms with Crippen molar-refractivity contribution in [1.82, 2.24) is 0 Å². The number of nitrogens with zero attached hydrogens (tertiary/aromatic N) is 1. The van der Waals surface area contributed by atoms with E-state index < -0.39 is 5.60 Å². The van der Waals surface area contributed by atoms with Gasteiger partial charge >= 0.3 is 0 Å². The van der Waals surface area contributed by atoms with Crippen molar-refractivity contribution >= 4 is 5.71 Å². The van der Waals surface area contributed by atoms with Crippen LogP contribution in [0.5, 0.6) is 0 Å². The highest BCUT2D eigenvalue weighted by molar-refractivity contribution is 5.94. The Morgan fingerprint density at radius 1 is 1.18 bits per heavy atom. The fourth-order valence-corrected chi connectivity index (χ4v) is 3.52. The Morgan fingerprint density at radius 3 is 2.65 bits per heavy atom. The average molecular weight is 231 g/mol. The summed E-state index contributed by atoms with van der Waals surface area (Å²) in [6.07, 6.45) is 3.93. The number of hydrogen-bond donors (Lipinski definition) is 2. The van der Waals surface area contributed by atoms with Gasteiger partial charge in [-0.05, 0) is 43.1 Å². The zero-order chi connectivity index (χ0) is 11.9. The summed E-state index contributed by atoms with van der Waals surface area (Å²) < 4.78 is 0. The minimum atomic E-state index is -1.05. The molecule has 1 aromatic carbocycles. The predicted octanol–water partition coefficient (Wildman–Crippen LogP) is 2.52. The Morgan fingerprint density at radius 2 is 1.94 bits per heavy atom. The molecule has 90 valence electrons. The molecule has 0 amide bonds. The number of oxime groups is 1. The van der Waals surface area contributed by atoms with Crippen LogP contribution in [0.15, 0.2) is 35.5 Å². The van der Waals surface area contributed by atoms with Gasteiger partial charge in [0.1, 0.15) is 5.60 Å². The lowest BCUT2D eigenvalue weighted by Gasteiger charge is -2.38. The SMILES string of the molecule is O/N=C1/CC2CCC(C2)C1(O)c1ccccc1. The average Bonchev–Trinajstić information content (AvgIpc) is 2.80. The van der Waals surface area contributed by atoms with E-state index in [-0.39, 0.29) is 5.92 Å². The minimum Gasteiger partial charge on any atom is -0.411 e. The van der Waals surface area contributed by atoms with Gasteiger partial charge in [-0.15, -0.1) is 0 Å². The third kappa shape index (κ3) is 1.49. The molecule has 3 atom stereocenters. The van der Waals surface area contributed by atoms with E-state index in [1.54, 1.807) is 0 Å². The van der Waals surface area contributed by atoms with Gasteiger partial charge in [-0.25, -0.2) is 0 Å². The second-order valence-corrected chi connectivity index (χ2v) is 5.26. The van der Waals surface area contributed by atoms with Crippen LogP contribution in [0.3, 0.4) is 0 Å². The Labute approximate surface area is 101 Å². The molecule has 2 bridgehead atoms. The van der Waals surface area contributed by atoms with Crippen molar-refractivity contribution in [3.05, 3.63) is 35.9 Å². The predicted molar refractivity (Wildman–Crippen MR) is 65.0 cm³/mol. The zero-order valence-corrected chi connectivity index (χ0v) is 9.71. The highest BCUT2D eigenvalue weighted by Crippen LogP contribution is 2.50. The molecule has 0 radical (unpaired) electrons. The molecule has 1 aromatic rings. The van der Waals surface area contributed by atoms with Crippen LogP contribution in [0.25, 0.3) is 0 Å². The van der Waals surface area contributed by atoms with Crippen molar-refractivity contribution < 1.29 is 10.3 Å². The summed E-state index contributed by atoms with van der Waals surface area (Å²) in [6.45, 7) is 0. The molecule has 2 fully saturated rings. The van der Waals surface area contributed by atoms with E-state index >= 15 is 0 Å². The smallest absolute Gasteiger partial charge is 0.134 e. The van der Waals surface area contributed by atoms with Crippen LogP contribution in [0.4, 0.5) is 0 Å². The molecule has 0 aliphatic heterocycles. The maximum Gasteiger partial charge on any atom is 0.134 e. The maximum atomic E-state index is 11.0. The van der Waals surface area contributed by atoms with Gasteiger partial charge in [0.2, 0.25) is 0 Å². The number of fused-ring (bicyclic) bond motifs is 2. The molecule has 3 rings (SSSR count). The largest absolute Gasteiger partial charge is 0.411 e. The normalized spacial score (nSPS) is 38.5. The fourth-order valence-electron chi connectivity index (χ4n) is 3.52. The zero-order valence-electron chi connectivity index (χ0n) is 9.71. The van der Waals surface area contributed by atoms with Gasteiger partial charge in [0.05, 0.1) is 5.71 Å². The first-order chi connectivity index (χ1) is 8.25. The molecule has 0 saturated heterocycles. The topological polar surface area (TPSA) is 52.8 Å². The van der Waals surface area contributed by atoms with E-state index in [1.807, 2.05) is 30.3 Å². The van der Waals surface area contributed by atoms with Gasteiger partial charge in [-0.2, -0.15) is 0 Å². The molecule has 2 N–H and O–H groups in total. The van der Waals surface area contributed by atoms with Crippen molar-refractivity contribution in [1.29, 1.82) is 0 Å². The standard InChI is InChI=1S/C14H17NO2/c16-14(11-4-2-1-3-5-11)12-7-6-10(8-12)9-13(14)15-17/h1-5,10,12,16-17H,6-9H2/b15-13-. The summed E-state index contributed by atoms with van der Waals surface area (Å²) in [5.41, 5.74) is 0.351. The van der Waals surface area contributed by atoms with E-state index in [2.05, 4.69) is 5.16 Å². The molecule has 0 heterocycles. The molecule has 3 heteroatoms. The lowest BCUT2D eigenvalue weighted by molar-refractivity contribution is 0.0318. The summed E-state index contributed by atoms with van der Waals surface area (Å²) in [7, 11) is 0. The molecule has 0 aromatic heterocycles. The summed E-state index contributed by atoms with van der Waals surface area (Å²) in [4.78, 5) is 0. The van der Waals surface area contributed by atoms with Gasteiger partial charge < -0.3 is 10.3 Å². The fraction of sp³-hybridized carbons (Fsp3) is 0.500. The van der Waals surface area contributed by atoms with Gasteiger partial charge in [-0.1, -0.05) is 35.5 Å². The Balaban J connectivity index is 2.09. The van der Waals surface area contributed by atoms with Crippen LogP contribution in [-0.4, -0.2) is 16.0 Å². The molecule has 17 heavy (non-hydrogen) atoms. The van der Waals surface area contributed by atoms with Crippen molar-refractivity contribution in [3.8, 4) is 0 Å². The van der Waals surface area contributed by atoms with Crippen LogP contribution >= 0.6 is 0 Å². The highest BCUT2D eigenvalue weighted by Gasteiger charge is 2.51. The summed E-state index contributed by atoms with van der Waals surface area (Å²) in [5, 5.41) is 23.6. The van der Waals surface area contributed by atoms with E-state index in [0.717, 1.165) is 31.2 Å². The van der Waals surface area contributed by atoms with Crippen molar-refractivity contribution in [2.24, 2.45) is 17.0 Å². The Kier molecular flexibility index (Phi) is 2.44. The summed E-state index contributed by atoms with van der Waals surface area (Å²) in [6, 6.07) is 9.61. The first-order valence-electron chi connectivity index (χ1n) is 6.24. The molecule has 2 saturated carbocycles. The van der Waals surface area contributed by atoms with Crippen LogP contribution in [-0.2, 0) is 5.60 Å². The highest BCUT2D eigenvalue weighted by atomic mass is 16.4. The van der Waals surface area contributed by atoms with Crippen LogP contribution in [0.2, 0.25) is 0 Å². The lowest BCUT2D eigenvalue weighted by Crippen LogP contribution is -2.45. The lowest BCUT2D eigenvalue weighted by atomic mass is 9.71. The van der Waals surface area contributed by atoms with Crippen molar-refractivity contribution in [3.63, 3.8) is 0 Å². The quantitative estimate of drug-likeness (QED) is 0.576. The van der Waals surface area contributed by atoms with Crippen LogP contribution in [0, 0.1) is 11.8 Å². The number of benzene rings is 1. The summed E-state index contributed by atoms with van der Waals surface area (Å²) >= 11 is 0.